The lowest BCUT2D eigenvalue weighted by molar-refractivity contribution is 0.273. The van der Waals surface area contributed by atoms with Gasteiger partial charge in [-0.3, -0.25) is 0 Å². The van der Waals surface area contributed by atoms with Gasteiger partial charge in [0, 0.05) is 6.04 Å². The lowest BCUT2D eigenvalue weighted by atomic mass is 9.84. The second-order valence-corrected chi connectivity index (χ2v) is 5.94. The van der Waals surface area contributed by atoms with Crippen molar-refractivity contribution in [3.8, 4) is 0 Å². The van der Waals surface area contributed by atoms with Crippen molar-refractivity contribution < 1.29 is 0 Å². The van der Waals surface area contributed by atoms with Gasteiger partial charge < -0.3 is 5.32 Å². The predicted octanol–water partition coefficient (Wildman–Crippen LogP) is 4.54. The predicted molar refractivity (Wildman–Crippen MR) is 77.3 cm³/mol. The number of allylic oxidation sites excluding steroid dienone is 1. The third-order valence-electron chi connectivity index (χ3n) is 4.09. The lowest BCUT2D eigenvalue weighted by Gasteiger charge is -2.26. The van der Waals surface area contributed by atoms with E-state index in [1.165, 1.54) is 57.9 Å². The molecule has 0 aromatic carbocycles. The van der Waals surface area contributed by atoms with Crippen LogP contribution in [0.5, 0.6) is 0 Å². The summed E-state index contributed by atoms with van der Waals surface area (Å²) in [6, 6.07) is 0.632. The first-order chi connectivity index (χ1) is 8.24. The number of nitrogens with one attached hydrogen (secondary N) is 1. The van der Waals surface area contributed by atoms with E-state index in [1.807, 2.05) is 0 Å². The van der Waals surface area contributed by atoms with Crippen LogP contribution in [0.2, 0.25) is 0 Å². The van der Waals surface area contributed by atoms with Gasteiger partial charge in [-0.05, 0) is 44.1 Å². The maximum atomic E-state index is 3.83. The topological polar surface area (TPSA) is 12.0 Å². The van der Waals surface area contributed by atoms with Gasteiger partial charge in [0.05, 0.1) is 0 Å². The highest BCUT2D eigenvalue weighted by Gasteiger charge is 2.22. The van der Waals surface area contributed by atoms with Crippen LogP contribution >= 0.6 is 0 Å². The van der Waals surface area contributed by atoms with Gasteiger partial charge in [-0.1, -0.05) is 45.6 Å². The summed E-state index contributed by atoms with van der Waals surface area (Å²) in [5.41, 5.74) is 0. The molecule has 1 aliphatic carbocycles. The molecule has 1 nitrogen and oxygen atoms in total. The number of hydrogen-bond donors (Lipinski definition) is 1. The van der Waals surface area contributed by atoms with E-state index in [1.54, 1.807) is 0 Å². The van der Waals surface area contributed by atoms with E-state index < -0.39 is 0 Å². The molecule has 1 N–H and O–H groups in total. The highest BCUT2D eigenvalue weighted by molar-refractivity contribution is 4.78. The molecule has 100 valence electrons. The smallest absolute Gasteiger partial charge is 0.00104 e. The summed E-state index contributed by atoms with van der Waals surface area (Å²) in [4.78, 5) is 0. The molecule has 1 aliphatic rings. The van der Waals surface area contributed by atoms with Crippen LogP contribution < -0.4 is 5.32 Å². The molecule has 0 spiro atoms. The molecular formula is C16H31N. The Hall–Kier alpha value is -0.300. The molecule has 1 rings (SSSR count). The summed E-state index contributed by atoms with van der Waals surface area (Å²) >= 11 is 0. The molecule has 17 heavy (non-hydrogen) atoms. The number of rotatable bonds is 7. The lowest BCUT2D eigenvalue weighted by Crippen LogP contribution is -2.32. The molecule has 0 bridgehead atoms. The zero-order valence-electron chi connectivity index (χ0n) is 11.9. The average molecular weight is 237 g/mol. The molecule has 0 aliphatic heterocycles. The van der Waals surface area contributed by atoms with Gasteiger partial charge >= 0.3 is 0 Å². The van der Waals surface area contributed by atoms with Crippen molar-refractivity contribution in [1.82, 2.24) is 5.32 Å². The van der Waals surface area contributed by atoms with Gasteiger partial charge in [-0.25, -0.2) is 0 Å². The Kier molecular flexibility index (Phi) is 7.59. The summed E-state index contributed by atoms with van der Waals surface area (Å²) in [6.45, 7) is 9.57. The van der Waals surface area contributed by atoms with Crippen LogP contribution in [0.3, 0.4) is 0 Å². The molecule has 0 heterocycles. The standard InChI is InChI=1S/C16H31N/c1-4-5-7-10-15-11-8-6-9-12-16(15)13-17-14(2)3/h4,14-17H,1,5-13H2,2-3H3. The minimum absolute atomic E-state index is 0.632. The second kappa shape index (κ2) is 8.74. The molecule has 1 fully saturated rings. The van der Waals surface area contributed by atoms with Crippen LogP contribution in [-0.4, -0.2) is 12.6 Å². The molecule has 1 saturated carbocycles. The Morgan fingerprint density at radius 2 is 1.88 bits per heavy atom. The molecule has 0 saturated heterocycles. The van der Waals surface area contributed by atoms with E-state index in [2.05, 4.69) is 31.8 Å². The maximum absolute atomic E-state index is 3.83. The van der Waals surface area contributed by atoms with Gasteiger partial charge in [0.15, 0.2) is 0 Å². The zero-order chi connectivity index (χ0) is 12.5. The van der Waals surface area contributed by atoms with Crippen LogP contribution in [0.25, 0.3) is 0 Å². The summed E-state index contributed by atoms with van der Waals surface area (Å²) in [5, 5.41) is 3.64. The van der Waals surface area contributed by atoms with Crippen LogP contribution in [0.4, 0.5) is 0 Å². The third kappa shape index (κ3) is 6.26. The quantitative estimate of drug-likeness (QED) is 0.389. The fourth-order valence-corrected chi connectivity index (χ4v) is 3.02. The Bertz CT molecular complexity index is 198. The molecule has 0 amide bonds. The zero-order valence-corrected chi connectivity index (χ0v) is 11.9. The fraction of sp³-hybridized carbons (Fsp3) is 0.875. The SMILES string of the molecule is C=CCCCC1CCCCCC1CNC(C)C. The molecule has 0 radical (unpaired) electrons. The Morgan fingerprint density at radius 3 is 2.53 bits per heavy atom. The normalized spacial score (nSPS) is 25.8. The Balaban J connectivity index is 2.38. The van der Waals surface area contributed by atoms with Crippen molar-refractivity contribution in [3.05, 3.63) is 12.7 Å². The first-order valence-corrected chi connectivity index (χ1v) is 7.58. The van der Waals surface area contributed by atoms with Gasteiger partial charge in [-0.15, -0.1) is 6.58 Å². The molecule has 0 aromatic heterocycles. The van der Waals surface area contributed by atoms with E-state index in [-0.39, 0.29) is 0 Å². The van der Waals surface area contributed by atoms with Crippen molar-refractivity contribution in [2.75, 3.05) is 6.54 Å². The third-order valence-corrected chi connectivity index (χ3v) is 4.09. The maximum Gasteiger partial charge on any atom is 0.00104 e. The summed E-state index contributed by atoms with van der Waals surface area (Å²) < 4.78 is 0. The highest BCUT2D eigenvalue weighted by atomic mass is 14.9. The van der Waals surface area contributed by atoms with Crippen LogP contribution in [0.15, 0.2) is 12.7 Å². The van der Waals surface area contributed by atoms with E-state index in [4.69, 9.17) is 0 Å². The van der Waals surface area contributed by atoms with Crippen LogP contribution in [0.1, 0.15) is 65.2 Å². The van der Waals surface area contributed by atoms with Crippen LogP contribution in [0, 0.1) is 11.8 Å². The van der Waals surface area contributed by atoms with Gasteiger partial charge in [0.25, 0.3) is 0 Å². The second-order valence-electron chi connectivity index (χ2n) is 5.94. The van der Waals surface area contributed by atoms with Crippen molar-refractivity contribution >= 4 is 0 Å². The van der Waals surface area contributed by atoms with E-state index >= 15 is 0 Å². The van der Waals surface area contributed by atoms with Crippen molar-refractivity contribution in [2.24, 2.45) is 11.8 Å². The van der Waals surface area contributed by atoms with Crippen molar-refractivity contribution in [3.63, 3.8) is 0 Å². The monoisotopic (exact) mass is 237 g/mol. The minimum atomic E-state index is 0.632. The minimum Gasteiger partial charge on any atom is -0.314 e. The van der Waals surface area contributed by atoms with E-state index in [0.717, 1.165) is 11.8 Å². The molecule has 2 unspecified atom stereocenters. The molecular weight excluding hydrogens is 206 g/mol. The van der Waals surface area contributed by atoms with Crippen molar-refractivity contribution in [2.45, 2.75) is 71.3 Å². The van der Waals surface area contributed by atoms with Crippen LogP contribution in [-0.2, 0) is 0 Å². The highest BCUT2D eigenvalue weighted by Crippen LogP contribution is 2.32. The first-order valence-electron chi connectivity index (χ1n) is 7.58. The van der Waals surface area contributed by atoms with Gasteiger partial charge in [0.1, 0.15) is 0 Å². The van der Waals surface area contributed by atoms with E-state index in [0.29, 0.717) is 6.04 Å². The fourth-order valence-electron chi connectivity index (χ4n) is 3.02. The number of hydrogen-bond acceptors (Lipinski definition) is 1. The first kappa shape index (κ1) is 14.8. The molecule has 1 heteroatoms. The van der Waals surface area contributed by atoms with Crippen molar-refractivity contribution in [1.29, 1.82) is 0 Å². The largest absolute Gasteiger partial charge is 0.314 e. The Morgan fingerprint density at radius 1 is 1.18 bits per heavy atom. The summed E-state index contributed by atoms with van der Waals surface area (Å²) in [5.74, 6) is 1.88. The van der Waals surface area contributed by atoms with E-state index in [9.17, 15) is 0 Å². The summed E-state index contributed by atoms with van der Waals surface area (Å²) in [7, 11) is 0. The number of unbranched alkanes of at least 4 members (excludes halogenated alkanes) is 1. The summed E-state index contributed by atoms with van der Waals surface area (Å²) in [6.07, 6.45) is 13.3. The Labute approximate surface area is 108 Å². The molecule has 2 atom stereocenters. The van der Waals surface area contributed by atoms with Gasteiger partial charge in [0.2, 0.25) is 0 Å². The average Bonchev–Trinajstić information content (AvgIpc) is 2.52. The molecule has 0 aromatic rings. The van der Waals surface area contributed by atoms with Gasteiger partial charge in [-0.2, -0.15) is 0 Å².